The van der Waals surface area contributed by atoms with E-state index in [2.05, 4.69) is 15.2 Å². The normalized spacial score (nSPS) is 20.8. The first-order chi connectivity index (χ1) is 11.7. The molecule has 0 saturated carbocycles. The molecule has 0 radical (unpaired) electrons. The maximum Gasteiger partial charge on any atom is 0.256 e. The number of aryl methyl sites for hydroxylation is 1. The van der Waals surface area contributed by atoms with E-state index in [1.54, 1.807) is 13.4 Å². The summed E-state index contributed by atoms with van der Waals surface area (Å²) < 4.78 is 7.37. The molecule has 1 amide bonds. The number of rotatable bonds is 3. The highest BCUT2D eigenvalue weighted by atomic mass is 16.5. The summed E-state index contributed by atoms with van der Waals surface area (Å²) in [4.78, 5) is 18.2. The minimum Gasteiger partial charge on any atom is -0.380 e. The van der Waals surface area contributed by atoms with Gasteiger partial charge in [0.25, 0.3) is 5.91 Å². The molecule has 1 saturated heterocycles. The summed E-state index contributed by atoms with van der Waals surface area (Å²) in [5.41, 5.74) is 1.53. The fourth-order valence-corrected chi connectivity index (χ4v) is 3.45. The van der Waals surface area contributed by atoms with Crippen molar-refractivity contribution >= 4 is 16.8 Å². The second-order valence-corrected chi connectivity index (χ2v) is 6.11. The number of amides is 1. The van der Waals surface area contributed by atoms with Gasteiger partial charge in [0.2, 0.25) is 0 Å². The van der Waals surface area contributed by atoms with Crippen LogP contribution in [0.2, 0.25) is 0 Å². The molecule has 1 N–H and O–H groups in total. The Labute approximate surface area is 139 Å². The summed E-state index contributed by atoms with van der Waals surface area (Å²) >= 11 is 0. The number of likely N-dealkylation sites (tertiary alicyclic amines) is 1. The third kappa shape index (κ3) is 2.28. The molecule has 24 heavy (non-hydrogen) atoms. The Hall–Kier alpha value is -2.67. The standard InChI is InChI=1S/C17H19N5O2/c1-21-10-19-20-16(21)14-8-12(24-2)9-22(14)17(23)13-5-3-4-11-6-7-18-15(11)13/h3-7,10,12,14,18H,8-9H2,1-2H3/t12-,14+/m1/s1. The summed E-state index contributed by atoms with van der Waals surface area (Å²) in [5, 5.41) is 9.18. The van der Waals surface area contributed by atoms with E-state index >= 15 is 0 Å². The molecular weight excluding hydrogens is 306 g/mol. The van der Waals surface area contributed by atoms with Crippen LogP contribution in [0.1, 0.15) is 28.6 Å². The van der Waals surface area contributed by atoms with E-state index in [0.29, 0.717) is 12.1 Å². The fourth-order valence-electron chi connectivity index (χ4n) is 3.45. The van der Waals surface area contributed by atoms with E-state index in [1.807, 2.05) is 47.0 Å². The first-order valence-electron chi connectivity index (χ1n) is 7.93. The smallest absolute Gasteiger partial charge is 0.256 e. The lowest BCUT2D eigenvalue weighted by atomic mass is 10.1. The Morgan fingerprint density at radius 3 is 3.00 bits per heavy atom. The Balaban J connectivity index is 1.74. The number of carbonyl (C=O) groups is 1. The zero-order valence-electron chi connectivity index (χ0n) is 13.6. The number of hydrogen-bond donors (Lipinski definition) is 1. The van der Waals surface area contributed by atoms with E-state index < -0.39 is 0 Å². The minimum absolute atomic E-state index is 0.00139. The molecule has 1 fully saturated rings. The molecule has 2 aromatic heterocycles. The van der Waals surface area contributed by atoms with Gasteiger partial charge < -0.3 is 19.2 Å². The van der Waals surface area contributed by atoms with Crippen LogP contribution in [-0.4, -0.2) is 50.3 Å². The summed E-state index contributed by atoms with van der Waals surface area (Å²) in [6.45, 7) is 0.546. The number of methoxy groups -OCH3 is 1. The molecule has 4 rings (SSSR count). The van der Waals surface area contributed by atoms with Crippen LogP contribution in [0.4, 0.5) is 0 Å². The van der Waals surface area contributed by atoms with Crippen LogP contribution >= 0.6 is 0 Å². The average Bonchev–Trinajstić information content (AvgIpc) is 3.31. The maximum absolute atomic E-state index is 13.2. The number of hydrogen-bond acceptors (Lipinski definition) is 4. The van der Waals surface area contributed by atoms with E-state index in [-0.39, 0.29) is 18.1 Å². The average molecular weight is 325 g/mol. The zero-order valence-corrected chi connectivity index (χ0v) is 13.6. The molecule has 7 nitrogen and oxygen atoms in total. The Bertz CT molecular complexity index is 884. The highest BCUT2D eigenvalue weighted by Crippen LogP contribution is 2.34. The number of ether oxygens (including phenoxy) is 1. The van der Waals surface area contributed by atoms with Gasteiger partial charge in [-0.2, -0.15) is 0 Å². The Morgan fingerprint density at radius 1 is 1.38 bits per heavy atom. The molecule has 2 atom stereocenters. The second kappa shape index (κ2) is 5.76. The lowest BCUT2D eigenvalue weighted by molar-refractivity contribution is 0.0684. The minimum atomic E-state index is -0.139. The van der Waals surface area contributed by atoms with Crippen molar-refractivity contribution in [2.24, 2.45) is 7.05 Å². The first kappa shape index (κ1) is 14.9. The topological polar surface area (TPSA) is 76.0 Å². The number of nitrogens with zero attached hydrogens (tertiary/aromatic N) is 4. The third-order valence-corrected chi connectivity index (χ3v) is 4.72. The van der Waals surface area contributed by atoms with Crippen LogP contribution in [0.5, 0.6) is 0 Å². The monoisotopic (exact) mass is 325 g/mol. The number of benzene rings is 1. The SMILES string of the molecule is CO[C@@H]1C[C@@H](c2nncn2C)N(C(=O)c2cccc3cc[nH]c23)C1. The van der Waals surface area contributed by atoms with Crippen LogP contribution in [0, 0.1) is 0 Å². The van der Waals surface area contributed by atoms with E-state index in [0.717, 1.165) is 23.1 Å². The summed E-state index contributed by atoms with van der Waals surface area (Å²) in [6.07, 6.45) is 4.22. The van der Waals surface area contributed by atoms with E-state index in [9.17, 15) is 4.79 Å². The lowest BCUT2D eigenvalue weighted by Gasteiger charge is -2.24. The van der Waals surface area contributed by atoms with Crippen LogP contribution < -0.4 is 0 Å². The molecule has 3 heterocycles. The summed E-state index contributed by atoms with van der Waals surface area (Å²) in [6, 6.07) is 7.58. The van der Waals surface area contributed by atoms with Crippen LogP contribution in [0.3, 0.4) is 0 Å². The molecule has 0 unspecified atom stereocenters. The number of aromatic nitrogens is 4. The van der Waals surface area contributed by atoms with E-state index in [1.165, 1.54) is 0 Å². The molecular formula is C17H19N5O2. The predicted octanol–water partition coefficient (Wildman–Crippen LogP) is 1.90. The number of aromatic amines is 1. The van der Waals surface area contributed by atoms with Gasteiger partial charge in [-0.05, 0) is 12.1 Å². The lowest BCUT2D eigenvalue weighted by Crippen LogP contribution is -2.33. The highest BCUT2D eigenvalue weighted by Gasteiger charge is 2.39. The Kier molecular flexibility index (Phi) is 3.57. The van der Waals surface area contributed by atoms with Gasteiger partial charge >= 0.3 is 0 Å². The number of fused-ring (bicyclic) bond motifs is 1. The van der Waals surface area contributed by atoms with Crippen molar-refractivity contribution in [3.05, 3.63) is 48.2 Å². The van der Waals surface area contributed by atoms with Gasteiger partial charge in [-0.15, -0.1) is 10.2 Å². The van der Waals surface area contributed by atoms with Crippen molar-refractivity contribution in [3.63, 3.8) is 0 Å². The van der Waals surface area contributed by atoms with Crippen molar-refractivity contribution in [1.29, 1.82) is 0 Å². The van der Waals surface area contributed by atoms with Crippen LogP contribution in [0.15, 0.2) is 36.8 Å². The molecule has 0 spiro atoms. The molecule has 1 aromatic carbocycles. The molecule has 0 bridgehead atoms. The summed E-state index contributed by atoms with van der Waals surface area (Å²) in [7, 11) is 3.57. The van der Waals surface area contributed by atoms with Gasteiger partial charge in [0.05, 0.1) is 23.2 Å². The van der Waals surface area contributed by atoms with Gasteiger partial charge in [0, 0.05) is 38.7 Å². The van der Waals surface area contributed by atoms with Gasteiger partial charge in [-0.3, -0.25) is 4.79 Å². The van der Waals surface area contributed by atoms with Crippen molar-refractivity contribution in [1.82, 2.24) is 24.6 Å². The number of H-pyrrole nitrogens is 1. The molecule has 1 aliphatic heterocycles. The van der Waals surface area contributed by atoms with Crippen molar-refractivity contribution in [2.45, 2.75) is 18.6 Å². The molecule has 0 aliphatic carbocycles. The number of para-hydroxylation sites is 1. The molecule has 1 aliphatic rings. The molecule has 7 heteroatoms. The van der Waals surface area contributed by atoms with Gasteiger partial charge in [0.1, 0.15) is 6.33 Å². The number of nitrogens with one attached hydrogen (secondary N) is 1. The largest absolute Gasteiger partial charge is 0.380 e. The summed E-state index contributed by atoms with van der Waals surface area (Å²) in [5.74, 6) is 0.761. The van der Waals surface area contributed by atoms with Gasteiger partial charge in [-0.25, -0.2) is 0 Å². The quantitative estimate of drug-likeness (QED) is 0.798. The predicted molar refractivity (Wildman–Crippen MR) is 88.5 cm³/mol. The molecule has 3 aromatic rings. The van der Waals surface area contributed by atoms with Gasteiger partial charge in [-0.1, -0.05) is 12.1 Å². The van der Waals surface area contributed by atoms with Crippen molar-refractivity contribution < 1.29 is 9.53 Å². The molecule has 124 valence electrons. The van der Waals surface area contributed by atoms with Crippen LogP contribution in [-0.2, 0) is 11.8 Å². The van der Waals surface area contributed by atoms with Crippen molar-refractivity contribution in [3.8, 4) is 0 Å². The Morgan fingerprint density at radius 2 is 2.25 bits per heavy atom. The number of carbonyl (C=O) groups excluding carboxylic acids is 1. The fraction of sp³-hybridized carbons (Fsp3) is 0.353. The van der Waals surface area contributed by atoms with Crippen molar-refractivity contribution in [2.75, 3.05) is 13.7 Å². The second-order valence-electron chi connectivity index (χ2n) is 6.11. The van der Waals surface area contributed by atoms with Crippen LogP contribution in [0.25, 0.3) is 10.9 Å². The first-order valence-corrected chi connectivity index (χ1v) is 7.93. The van der Waals surface area contributed by atoms with Gasteiger partial charge in [0.15, 0.2) is 5.82 Å². The zero-order chi connectivity index (χ0) is 16.7. The third-order valence-electron chi connectivity index (χ3n) is 4.72. The maximum atomic E-state index is 13.2. The highest BCUT2D eigenvalue weighted by molar-refractivity contribution is 6.05. The van der Waals surface area contributed by atoms with E-state index in [4.69, 9.17) is 4.74 Å².